The summed E-state index contributed by atoms with van der Waals surface area (Å²) in [6, 6.07) is 23.8. The summed E-state index contributed by atoms with van der Waals surface area (Å²) in [6.45, 7) is 8.32. The number of aliphatic hydroxyl groups is 1. The van der Waals surface area contributed by atoms with Gasteiger partial charge in [-0.05, 0) is 110 Å². The molecule has 9 rings (SSSR count). The van der Waals surface area contributed by atoms with E-state index in [0.29, 0.717) is 43.2 Å². The number of likely N-dealkylation sites (tertiary alicyclic amines) is 1. The highest BCUT2D eigenvalue weighted by Gasteiger charge is 2.44. The van der Waals surface area contributed by atoms with Crippen molar-refractivity contribution in [1.29, 1.82) is 0 Å². The summed E-state index contributed by atoms with van der Waals surface area (Å²) in [5.41, 5.74) is 7.85. The molecule has 3 saturated heterocycles. The van der Waals surface area contributed by atoms with Crippen LogP contribution in [0.25, 0.3) is 11.1 Å². The topological polar surface area (TPSA) is 160 Å². The van der Waals surface area contributed by atoms with Crippen molar-refractivity contribution >= 4 is 35.0 Å². The zero-order valence-corrected chi connectivity index (χ0v) is 35.1. The number of rotatable bonds is 15. The van der Waals surface area contributed by atoms with Crippen molar-refractivity contribution in [3.05, 3.63) is 107 Å². The van der Waals surface area contributed by atoms with Gasteiger partial charge in [-0.15, -0.1) is 0 Å². The van der Waals surface area contributed by atoms with E-state index in [2.05, 4.69) is 78.1 Å². The molecular formula is C48H56N8O6. The molecule has 4 atom stereocenters. The van der Waals surface area contributed by atoms with Gasteiger partial charge < -0.3 is 35.2 Å². The Hall–Kier alpha value is -5.67. The Labute approximate surface area is 362 Å². The number of amides is 4. The first-order valence-corrected chi connectivity index (χ1v) is 22.2. The normalized spacial score (nSPS) is 22.7. The van der Waals surface area contributed by atoms with E-state index in [1.165, 1.54) is 11.1 Å². The maximum atomic E-state index is 13.1. The van der Waals surface area contributed by atoms with E-state index >= 15 is 0 Å². The van der Waals surface area contributed by atoms with E-state index in [0.717, 1.165) is 99.7 Å². The average molecular weight is 841 g/mol. The molecule has 14 heteroatoms. The van der Waals surface area contributed by atoms with E-state index in [1.54, 1.807) is 11.0 Å². The van der Waals surface area contributed by atoms with Crippen molar-refractivity contribution in [3.8, 4) is 16.9 Å². The van der Waals surface area contributed by atoms with Crippen molar-refractivity contribution in [2.75, 3.05) is 69.7 Å². The molecule has 6 heterocycles. The number of nitrogens with zero attached hydrogens (tertiary/aromatic N) is 5. The van der Waals surface area contributed by atoms with Crippen molar-refractivity contribution in [2.24, 2.45) is 5.92 Å². The lowest BCUT2D eigenvalue weighted by molar-refractivity contribution is -0.137. The highest BCUT2D eigenvalue weighted by atomic mass is 16.5. The summed E-state index contributed by atoms with van der Waals surface area (Å²) in [5, 5.41) is 19.4. The number of piperazine rings is 1. The molecule has 0 bridgehead atoms. The molecule has 14 nitrogen and oxygen atoms in total. The highest BCUT2D eigenvalue weighted by Crippen LogP contribution is 2.48. The molecule has 4 N–H and O–H groups in total. The quantitative estimate of drug-likeness (QED) is 0.0975. The highest BCUT2D eigenvalue weighted by molar-refractivity contribution is 6.05. The monoisotopic (exact) mass is 840 g/mol. The SMILES string of the molecule is O=C1CCC(N2Cc3c(OCCCN4CCN(CCCC(=O)Nc5cccc(-c6ccc7c(c6)[C@H]6[C@H](CCN6Cc6ccncc6)[C@@H](CO)N7)c5)CC4)cccc3C2=O)C(=O)N1. The molecular weight excluding hydrogens is 785 g/mol. The Morgan fingerprint density at radius 2 is 1.65 bits per heavy atom. The minimum atomic E-state index is -0.648. The van der Waals surface area contributed by atoms with Crippen molar-refractivity contribution in [1.82, 2.24) is 29.9 Å². The number of hydrogen-bond acceptors (Lipinski definition) is 11. The lowest BCUT2D eigenvalue weighted by atomic mass is 9.82. The van der Waals surface area contributed by atoms with E-state index in [1.807, 2.05) is 36.7 Å². The van der Waals surface area contributed by atoms with E-state index in [9.17, 15) is 24.3 Å². The van der Waals surface area contributed by atoms with Crippen molar-refractivity contribution in [2.45, 2.75) is 69.7 Å². The van der Waals surface area contributed by atoms with Gasteiger partial charge in [0.25, 0.3) is 5.91 Å². The average Bonchev–Trinajstić information content (AvgIpc) is 3.86. The Morgan fingerprint density at radius 3 is 2.44 bits per heavy atom. The van der Waals surface area contributed by atoms with E-state index < -0.39 is 11.9 Å². The number of hydrogen-bond donors (Lipinski definition) is 4. The first-order valence-electron chi connectivity index (χ1n) is 22.2. The summed E-state index contributed by atoms with van der Waals surface area (Å²) in [4.78, 5) is 63.5. The second-order valence-corrected chi connectivity index (χ2v) is 17.3. The Morgan fingerprint density at radius 1 is 0.871 bits per heavy atom. The third kappa shape index (κ3) is 9.10. The smallest absolute Gasteiger partial charge is 0.255 e. The van der Waals surface area contributed by atoms with Gasteiger partial charge in [0.15, 0.2) is 0 Å². The molecule has 1 unspecified atom stereocenters. The van der Waals surface area contributed by atoms with Gasteiger partial charge in [-0.2, -0.15) is 0 Å². The molecule has 4 amide bonds. The number of carbonyl (C=O) groups excluding carboxylic acids is 4. The van der Waals surface area contributed by atoms with Crippen LogP contribution in [0, 0.1) is 5.92 Å². The third-order valence-corrected chi connectivity index (χ3v) is 13.3. The zero-order chi connectivity index (χ0) is 42.6. The fourth-order valence-corrected chi connectivity index (χ4v) is 10.1. The van der Waals surface area contributed by atoms with Gasteiger partial charge in [0, 0.05) is 99.0 Å². The Kier molecular flexibility index (Phi) is 12.6. The molecule has 5 aliphatic rings. The Balaban J connectivity index is 0.708. The first kappa shape index (κ1) is 41.7. The minimum absolute atomic E-state index is 0.0168. The van der Waals surface area contributed by atoms with Gasteiger partial charge in [-0.1, -0.05) is 24.3 Å². The van der Waals surface area contributed by atoms with E-state index in [-0.39, 0.29) is 42.8 Å². The number of ether oxygens (including phenoxy) is 1. The van der Waals surface area contributed by atoms with Gasteiger partial charge in [0.1, 0.15) is 11.8 Å². The molecule has 5 aliphatic heterocycles. The zero-order valence-electron chi connectivity index (χ0n) is 35.1. The number of pyridine rings is 1. The fraction of sp³-hybridized carbons (Fsp3) is 0.438. The van der Waals surface area contributed by atoms with Crippen LogP contribution in [0.15, 0.2) is 85.2 Å². The van der Waals surface area contributed by atoms with Crippen molar-refractivity contribution < 1.29 is 29.0 Å². The molecule has 324 valence electrons. The number of carbonyl (C=O) groups is 4. The molecule has 3 aromatic carbocycles. The van der Waals surface area contributed by atoms with Crippen molar-refractivity contribution in [3.63, 3.8) is 0 Å². The maximum absolute atomic E-state index is 13.1. The van der Waals surface area contributed by atoms with Gasteiger partial charge in [0.2, 0.25) is 17.7 Å². The molecule has 0 spiro atoms. The van der Waals surface area contributed by atoms with Crippen LogP contribution in [0.3, 0.4) is 0 Å². The lowest BCUT2D eigenvalue weighted by Crippen LogP contribution is -2.52. The van der Waals surface area contributed by atoms with E-state index in [4.69, 9.17) is 4.74 Å². The molecule has 4 aromatic rings. The van der Waals surface area contributed by atoms with Gasteiger partial charge in [0.05, 0.1) is 25.8 Å². The number of anilines is 2. The minimum Gasteiger partial charge on any atom is -0.493 e. The Bertz CT molecular complexity index is 2280. The number of nitrogens with one attached hydrogen (secondary N) is 3. The fourth-order valence-electron chi connectivity index (χ4n) is 10.1. The number of fused-ring (bicyclic) bond motifs is 4. The van der Waals surface area contributed by atoms with Crippen LogP contribution in [0.1, 0.15) is 71.6 Å². The second-order valence-electron chi connectivity index (χ2n) is 17.3. The summed E-state index contributed by atoms with van der Waals surface area (Å²) >= 11 is 0. The summed E-state index contributed by atoms with van der Waals surface area (Å²) in [7, 11) is 0. The number of benzene rings is 3. The van der Waals surface area contributed by atoms with Crippen LogP contribution >= 0.6 is 0 Å². The predicted molar refractivity (Wildman–Crippen MR) is 235 cm³/mol. The summed E-state index contributed by atoms with van der Waals surface area (Å²) in [5.74, 6) is 0.0844. The molecule has 3 fully saturated rings. The second kappa shape index (κ2) is 18.7. The molecule has 62 heavy (non-hydrogen) atoms. The van der Waals surface area contributed by atoms with Crippen LogP contribution in [0.5, 0.6) is 5.75 Å². The number of imide groups is 1. The summed E-state index contributed by atoms with van der Waals surface area (Å²) < 4.78 is 6.18. The number of aromatic nitrogens is 1. The van der Waals surface area contributed by atoms with Gasteiger partial charge >= 0.3 is 0 Å². The standard InChI is InChI=1S/C48H56N8O6/c57-31-41-37-16-21-55(29-32-14-17-49-18-15-32)46(37)38-28-34(10-11-40(38)51-41)33-5-1-6-35(27-33)50-44(58)9-3-19-53-22-24-54(25-23-53)20-4-26-62-43-8-2-7-36-39(43)30-56(48(36)61)42-12-13-45(59)52-47(42)60/h1-2,5-8,10-11,14-15,17-18,27-28,37,41-42,46,51,57H,3-4,9,12-13,16,19-26,29-31H2,(H,50,58)(H,52,59,60)/t37-,41-,42?,46-/m1/s1. The largest absolute Gasteiger partial charge is 0.493 e. The molecule has 0 aliphatic carbocycles. The van der Waals surface area contributed by atoms with Gasteiger partial charge in [-0.3, -0.25) is 34.4 Å². The molecule has 0 saturated carbocycles. The lowest BCUT2D eigenvalue weighted by Gasteiger charge is -2.39. The van der Waals surface area contributed by atoms with Gasteiger partial charge in [-0.25, -0.2) is 0 Å². The number of piperidine rings is 1. The van der Waals surface area contributed by atoms with Crippen LogP contribution in [-0.2, 0) is 27.5 Å². The van der Waals surface area contributed by atoms with Crippen LogP contribution in [0.2, 0.25) is 0 Å². The maximum Gasteiger partial charge on any atom is 0.255 e. The van der Waals surface area contributed by atoms with Crippen LogP contribution in [-0.4, -0.2) is 124 Å². The molecule has 1 aromatic heterocycles. The van der Waals surface area contributed by atoms with Crippen LogP contribution in [0.4, 0.5) is 11.4 Å². The summed E-state index contributed by atoms with van der Waals surface area (Å²) in [6.07, 6.45) is 7.35. The number of aliphatic hydroxyl groups excluding tert-OH is 1. The first-order chi connectivity index (χ1) is 30.3. The predicted octanol–water partition coefficient (Wildman–Crippen LogP) is 4.66. The molecule has 0 radical (unpaired) electrons. The third-order valence-electron chi connectivity index (χ3n) is 13.3. The van der Waals surface area contributed by atoms with Crippen LogP contribution < -0.4 is 20.7 Å².